The minimum atomic E-state index is 0.423. The molecule has 0 bridgehead atoms. The van der Waals surface area contributed by atoms with Gasteiger partial charge >= 0.3 is 0 Å². The third kappa shape index (κ3) is 5.82. The van der Waals surface area contributed by atoms with Crippen molar-refractivity contribution < 1.29 is 0 Å². The monoisotopic (exact) mass is 229 g/mol. The summed E-state index contributed by atoms with van der Waals surface area (Å²) in [5, 5.41) is 0.918. The molecule has 0 spiro atoms. The second-order valence-corrected chi connectivity index (χ2v) is 6.44. The highest BCUT2D eigenvalue weighted by molar-refractivity contribution is 7.99. The SMILES string of the molecule is CCC(C)CC(N)CSC1CCCCC1. The highest BCUT2D eigenvalue weighted by atomic mass is 32.2. The number of nitrogens with two attached hydrogens (primary N) is 1. The first kappa shape index (κ1) is 13.4. The van der Waals surface area contributed by atoms with Crippen LogP contribution in [0.1, 0.15) is 58.8 Å². The summed E-state index contributed by atoms with van der Waals surface area (Å²) in [6.45, 7) is 4.57. The van der Waals surface area contributed by atoms with Crippen LogP contribution in [0, 0.1) is 5.92 Å². The van der Waals surface area contributed by atoms with Crippen molar-refractivity contribution in [3.8, 4) is 0 Å². The van der Waals surface area contributed by atoms with Gasteiger partial charge < -0.3 is 5.73 Å². The van der Waals surface area contributed by atoms with Crippen molar-refractivity contribution in [2.75, 3.05) is 5.75 Å². The molecule has 0 aromatic carbocycles. The van der Waals surface area contributed by atoms with Gasteiger partial charge in [0.25, 0.3) is 0 Å². The molecule has 1 nitrogen and oxygen atoms in total. The molecule has 0 aliphatic heterocycles. The molecule has 0 heterocycles. The Hall–Kier alpha value is 0.310. The van der Waals surface area contributed by atoms with Gasteiger partial charge in [-0.2, -0.15) is 11.8 Å². The Kier molecular flexibility index (Phi) is 6.74. The van der Waals surface area contributed by atoms with Crippen LogP contribution < -0.4 is 5.73 Å². The third-order valence-corrected chi connectivity index (χ3v) is 5.06. The van der Waals surface area contributed by atoms with Gasteiger partial charge in [-0.05, 0) is 25.2 Å². The van der Waals surface area contributed by atoms with E-state index >= 15 is 0 Å². The fraction of sp³-hybridized carbons (Fsp3) is 1.00. The van der Waals surface area contributed by atoms with E-state index in [4.69, 9.17) is 5.73 Å². The van der Waals surface area contributed by atoms with Crippen LogP contribution >= 0.6 is 11.8 Å². The van der Waals surface area contributed by atoms with E-state index in [0.29, 0.717) is 6.04 Å². The Labute approximate surface area is 99.6 Å². The van der Waals surface area contributed by atoms with E-state index in [2.05, 4.69) is 25.6 Å². The molecule has 90 valence electrons. The Morgan fingerprint density at radius 2 is 1.93 bits per heavy atom. The minimum Gasteiger partial charge on any atom is -0.327 e. The average molecular weight is 229 g/mol. The molecule has 1 aliphatic carbocycles. The predicted molar refractivity (Wildman–Crippen MR) is 71.4 cm³/mol. The highest BCUT2D eigenvalue weighted by Crippen LogP contribution is 2.28. The fourth-order valence-corrected chi connectivity index (χ4v) is 3.57. The molecule has 2 heteroatoms. The lowest BCUT2D eigenvalue weighted by atomic mass is 10.0. The normalized spacial score (nSPS) is 22.6. The zero-order valence-corrected chi connectivity index (χ0v) is 11.2. The maximum absolute atomic E-state index is 6.15. The highest BCUT2D eigenvalue weighted by Gasteiger charge is 2.15. The van der Waals surface area contributed by atoms with Crippen LogP contribution in [-0.4, -0.2) is 17.0 Å². The molecule has 0 amide bonds. The number of thioether (sulfide) groups is 1. The van der Waals surface area contributed by atoms with Crippen LogP contribution in [0.3, 0.4) is 0 Å². The summed E-state index contributed by atoms with van der Waals surface area (Å²) >= 11 is 2.13. The van der Waals surface area contributed by atoms with E-state index in [9.17, 15) is 0 Å². The van der Waals surface area contributed by atoms with Crippen LogP contribution in [0.25, 0.3) is 0 Å². The van der Waals surface area contributed by atoms with E-state index in [0.717, 1.165) is 11.2 Å². The molecule has 2 unspecified atom stereocenters. The van der Waals surface area contributed by atoms with Crippen molar-refractivity contribution in [3.63, 3.8) is 0 Å². The van der Waals surface area contributed by atoms with Gasteiger partial charge in [0.2, 0.25) is 0 Å². The van der Waals surface area contributed by atoms with Crippen molar-refractivity contribution in [1.29, 1.82) is 0 Å². The molecule has 2 atom stereocenters. The first-order valence-electron chi connectivity index (χ1n) is 6.59. The van der Waals surface area contributed by atoms with Crippen molar-refractivity contribution >= 4 is 11.8 Å². The van der Waals surface area contributed by atoms with Crippen molar-refractivity contribution in [1.82, 2.24) is 0 Å². The lowest BCUT2D eigenvalue weighted by Gasteiger charge is -2.23. The van der Waals surface area contributed by atoms with Gasteiger partial charge in [-0.3, -0.25) is 0 Å². The van der Waals surface area contributed by atoms with Crippen molar-refractivity contribution in [3.05, 3.63) is 0 Å². The molecule has 0 radical (unpaired) electrons. The van der Waals surface area contributed by atoms with Gasteiger partial charge in [0.1, 0.15) is 0 Å². The Morgan fingerprint density at radius 3 is 2.53 bits per heavy atom. The summed E-state index contributed by atoms with van der Waals surface area (Å²) in [5.74, 6) is 1.97. The van der Waals surface area contributed by atoms with Crippen LogP contribution in [0.5, 0.6) is 0 Å². The Balaban J connectivity index is 2.07. The predicted octanol–water partition coefficient (Wildman–Crippen LogP) is 3.82. The molecular formula is C13H27NS. The second kappa shape index (κ2) is 7.56. The maximum Gasteiger partial charge on any atom is 0.0133 e. The first-order chi connectivity index (χ1) is 7.22. The summed E-state index contributed by atoms with van der Waals surface area (Å²) in [4.78, 5) is 0. The van der Waals surface area contributed by atoms with E-state index in [-0.39, 0.29) is 0 Å². The maximum atomic E-state index is 6.15. The molecule has 0 aromatic heterocycles. The molecule has 1 saturated carbocycles. The van der Waals surface area contributed by atoms with Gasteiger partial charge in [0.05, 0.1) is 0 Å². The molecule has 1 aliphatic rings. The summed E-state index contributed by atoms with van der Waals surface area (Å²) < 4.78 is 0. The number of rotatable bonds is 6. The zero-order chi connectivity index (χ0) is 11.1. The van der Waals surface area contributed by atoms with E-state index in [1.54, 1.807) is 0 Å². The quantitative estimate of drug-likeness (QED) is 0.749. The molecule has 0 saturated heterocycles. The van der Waals surface area contributed by atoms with Crippen molar-refractivity contribution in [2.24, 2.45) is 11.7 Å². The summed E-state index contributed by atoms with van der Waals surface area (Å²) in [6, 6.07) is 0.423. The number of hydrogen-bond donors (Lipinski definition) is 1. The summed E-state index contributed by atoms with van der Waals surface area (Å²) in [5.41, 5.74) is 6.15. The van der Waals surface area contributed by atoms with Gasteiger partial charge in [-0.1, -0.05) is 39.5 Å². The largest absolute Gasteiger partial charge is 0.327 e. The minimum absolute atomic E-state index is 0.423. The van der Waals surface area contributed by atoms with E-state index < -0.39 is 0 Å². The van der Waals surface area contributed by atoms with E-state index in [1.165, 1.54) is 50.7 Å². The third-order valence-electron chi connectivity index (χ3n) is 3.50. The molecule has 1 rings (SSSR count). The molecule has 1 fully saturated rings. The van der Waals surface area contributed by atoms with Gasteiger partial charge in [-0.25, -0.2) is 0 Å². The fourth-order valence-electron chi connectivity index (χ4n) is 2.24. The first-order valence-corrected chi connectivity index (χ1v) is 7.64. The smallest absolute Gasteiger partial charge is 0.0133 e. The van der Waals surface area contributed by atoms with Crippen LogP contribution in [0.4, 0.5) is 0 Å². The second-order valence-electron chi connectivity index (χ2n) is 5.10. The van der Waals surface area contributed by atoms with Crippen molar-refractivity contribution in [2.45, 2.75) is 70.1 Å². The molecule has 15 heavy (non-hydrogen) atoms. The summed E-state index contributed by atoms with van der Waals surface area (Å²) in [7, 11) is 0. The zero-order valence-electron chi connectivity index (χ0n) is 10.4. The molecule has 0 aromatic rings. The lowest BCUT2D eigenvalue weighted by Crippen LogP contribution is -2.26. The molecular weight excluding hydrogens is 202 g/mol. The standard InChI is InChI=1S/C13H27NS/c1-3-11(2)9-12(14)10-15-13-7-5-4-6-8-13/h11-13H,3-10,14H2,1-2H3. The Morgan fingerprint density at radius 1 is 1.27 bits per heavy atom. The summed E-state index contributed by atoms with van der Waals surface area (Å²) in [6.07, 6.45) is 9.67. The van der Waals surface area contributed by atoms with Gasteiger partial charge in [0, 0.05) is 17.0 Å². The Bertz CT molecular complexity index is 155. The van der Waals surface area contributed by atoms with Crippen LogP contribution in [0.2, 0.25) is 0 Å². The van der Waals surface area contributed by atoms with Crippen LogP contribution in [-0.2, 0) is 0 Å². The van der Waals surface area contributed by atoms with Gasteiger partial charge in [0.15, 0.2) is 0 Å². The van der Waals surface area contributed by atoms with Gasteiger partial charge in [-0.15, -0.1) is 0 Å². The lowest BCUT2D eigenvalue weighted by molar-refractivity contribution is 0.471. The van der Waals surface area contributed by atoms with E-state index in [1.807, 2.05) is 0 Å². The van der Waals surface area contributed by atoms with Crippen LogP contribution in [0.15, 0.2) is 0 Å². The topological polar surface area (TPSA) is 26.0 Å². The number of hydrogen-bond acceptors (Lipinski definition) is 2. The average Bonchev–Trinajstić information content (AvgIpc) is 2.27. The molecule has 2 N–H and O–H groups in total.